The van der Waals surface area contributed by atoms with Gasteiger partial charge in [0.1, 0.15) is 6.10 Å². The molecule has 2 unspecified atom stereocenters. The monoisotopic (exact) mass is 287 g/mol. The Bertz CT molecular complexity index is 372. The van der Waals surface area contributed by atoms with Crippen LogP contribution < -0.4 is 5.32 Å². The summed E-state index contributed by atoms with van der Waals surface area (Å²) in [6.07, 6.45) is 2.59. The molecule has 1 aliphatic carbocycles. The van der Waals surface area contributed by atoms with Crippen LogP contribution >= 0.6 is 0 Å². The molecule has 1 aliphatic rings. The molecule has 0 aromatic rings. The molecule has 0 radical (unpaired) electrons. The highest BCUT2D eigenvalue weighted by atomic mass is 17.0. The molecule has 2 amide bonds. The lowest BCUT2D eigenvalue weighted by atomic mass is 9.92. The maximum atomic E-state index is 11.8. The lowest BCUT2D eigenvalue weighted by Gasteiger charge is -2.30. The molecule has 2 atom stereocenters. The normalized spacial score (nSPS) is 21.9. The Morgan fingerprint density at radius 2 is 1.95 bits per heavy atom. The van der Waals surface area contributed by atoms with Crippen LogP contribution in [0.25, 0.3) is 0 Å². The summed E-state index contributed by atoms with van der Waals surface area (Å²) in [6.45, 7) is 0. The van der Waals surface area contributed by atoms with Gasteiger partial charge >= 0.3 is 0 Å². The van der Waals surface area contributed by atoms with Gasteiger partial charge in [0.2, 0.25) is 11.8 Å². The molecule has 8 heteroatoms. The molecule has 114 valence electrons. The molecule has 1 rings (SSSR count). The van der Waals surface area contributed by atoms with Gasteiger partial charge in [0.05, 0.1) is 6.04 Å². The largest absolute Gasteiger partial charge is 0.351 e. The van der Waals surface area contributed by atoms with Gasteiger partial charge in [-0.25, -0.2) is 0 Å². The number of hydrogen-bond acceptors (Lipinski definition) is 5. The van der Waals surface area contributed by atoms with Gasteiger partial charge in [0.25, 0.3) is 5.09 Å². The topological polar surface area (TPSA) is 102 Å². The van der Waals surface area contributed by atoms with Crippen molar-refractivity contribution in [3.8, 4) is 0 Å². The molecular weight excluding hydrogens is 266 g/mol. The maximum absolute atomic E-state index is 11.8. The first-order chi connectivity index (χ1) is 9.40. The van der Waals surface area contributed by atoms with Crippen molar-refractivity contribution in [2.45, 2.75) is 50.7 Å². The van der Waals surface area contributed by atoms with E-state index >= 15 is 0 Å². The van der Waals surface area contributed by atoms with Gasteiger partial charge in [-0.2, -0.15) is 0 Å². The molecule has 0 heterocycles. The molecule has 0 aliphatic heterocycles. The van der Waals surface area contributed by atoms with E-state index in [-0.39, 0.29) is 30.7 Å². The Balaban J connectivity index is 2.41. The van der Waals surface area contributed by atoms with Crippen LogP contribution in [0.2, 0.25) is 0 Å². The summed E-state index contributed by atoms with van der Waals surface area (Å²) >= 11 is 0. The molecule has 20 heavy (non-hydrogen) atoms. The van der Waals surface area contributed by atoms with Gasteiger partial charge in [-0.3, -0.25) is 9.59 Å². The predicted octanol–water partition coefficient (Wildman–Crippen LogP) is 0.490. The molecule has 1 N–H and O–H groups in total. The van der Waals surface area contributed by atoms with Gasteiger partial charge in [-0.1, -0.05) is 12.8 Å². The van der Waals surface area contributed by atoms with Crippen LogP contribution in [0.4, 0.5) is 0 Å². The summed E-state index contributed by atoms with van der Waals surface area (Å²) in [7, 11) is 3.25. The Labute approximate surface area is 117 Å². The van der Waals surface area contributed by atoms with Crippen LogP contribution in [0.15, 0.2) is 0 Å². The van der Waals surface area contributed by atoms with E-state index < -0.39 is 11.2 Å². The highest BCUT2D eigenvalue weighted by molar-refractivity contribution is 5.83. The van der Waals surface area contributed by atoms with E-state index in [4.69, 9.17) is 0 Å². The Kier molecular flexibility index (Phi) is 6.20. The lowest BCUT2D eigenvalue weighted by Crippen LogP contribution is -2.47. The first kappa shape index (κ1) is 16.2. The zero-order chi connectivity index (χ0) is 15.1. The minimum Gasteiger partial charge on any atom is -0.351 e. The first-order valence-electron chi connectivity index (χ1n) is 6.71. The summed E-state index contributed by atoms with van der Waals surface area (Å²) < 4.78 is 0. The van der Waals surface area contributed by atoms with Crippen LogP contribution in [-0.2, 0) is 14.4 Å². The quantitative estimate of drug-likeness (QED) is 0.566. The van der Waals surface area contributed by atoms with Crippen LogP contribution in [0, 0.1) is 10.1 Å². The lowest BCUT2D eigenvalue weighted by molar-refractivity contribution is -0.770. The Morgan fingerprint density at radius 3 is 2.55 bits per heavy atom. The fourth-order valence-corrected chi connectivity index (χ4v) is 2.22. The van der Waals surface area contributed by atoms with Crippen molar-refractivity contribution in [2.24, 2.45) is 0 Å². The standard InChI is InChI=1S/C12H21N3O5/c1-14(2)12(17)8-7-11(16)13-9-5-3-4-6-10(9)20-15(18)19/h9-10H,3-8H2,1-2H3,(H,13,16). The highest BCUT2D eigenvalue weighted by Gasteiger charge is 2.29. The van der Waals surface area contributed by atoms with Crippen molar-refractivity contribution in [1.82, 2.24) is 10.2 Å². The second-order valence-corrected chi connectivity index (χ2v) is 5.11. The minimum atomic E-state index is -0.815. The third kappa shape index (κ3) is 5.41. The van der Waals surface area contributed by atoms with Crippen molar-refractivity contribution in [3.63, 3.8) is 0 Å². The minimum absolute atomic E-state index is 0.0820. The predicted molar refractivity (Wildman–Crippen MR) is 70.2 cm³/mol. The number of amides is 2. The number of hydrogen-bond donors (Lipinski definition) is 1. The van der Waals surface area contributed by atoms with Crippen molar-refractivity contribution in [3.05, 3.63) is 10.1 Å². The number of rotatable bonds is 6. The van der Waals surface area contributed by atoms with E-state index in [1.54, 1.807) is 14.1 Å². The maximum Gasteiger partial charge on any atom is 0.294 e. The average Bonchev–Trinajstić information content (AvgIpc) is 2.37. The highest BCUT2D eigenvalue weighted by Crippen LogP contribution is 2.21. The molecule has 0 aromatic carbocycles. The third-order valence-corrected chi connectivity index (χ3v) is 3.34. The van der Waals surface area contributed by atoms with Crippen molar-refractivity contribution < 1.29 is 19.5 Å². The third-order valence-electron chi connectivity index (χ3n) is 3.34. The van der Waals surface area contributed by atoms with Gasteiger partial charge in [-0.15, -0.1) is 10.1 Å². The zero-order valence-corrected chi connectivity index (χ0v) is 11.8. The Hall–Kier alpha value is -1.86. The van der Waals surface area contributed by atoms with Gasteiger partial charge in [0, 0.05) is 26.9 Å². The van der Waals surface area contributed by atoms with E-state index in [0.29, 0.717) is 12.8 Å². The first-order valence-corrected chi connectivity index (χ1v) is 6.71. The number of carbonyl (C=O) groups is 2. The van der Waals surface area contributed by atoms with E-state index in [9.17, 15) is 19.7 Å². The second-order valence-electron chi connectivity index (χ2n) is 5.11. The van der Waals surface area contributed by atoms with Crippen LogP contribution in [0.3, 0.4) is 0 Å². The smallest absolute Gasteiger partial charge is 0.294 e. The summed E-state index contributed by atoms with van der Waals surface area (Å²) in [4.78, 5) is 39.6. The number of nitrogens with zero attached hydrogens (tertiary/aromatic N) is 2. The number of nitrogens with one attached hydrogen (secondary N) is 1. The SMILES string of the molecule is CN(C)C(=O)CCC(=O)NC1CCCCC1O[N+](=O)[O-]. The van der Waals surface area contributed by atoms with E-state index in [2.05, 4.69) is 10.2 Å². The molecule has 1 saturated carbocycles. The van der Waals surface area contributed by atoms with E-state index in [0.717, 1.165) is 12.8 Å². The summed E-state index contributed by atoms with van der Waals surface area (Å²) in [5.74, 6) is -0.397. The summed E-state index contributed by atoms with van der Waals surface area (Å²) in [5.41, 5.74) is 0. The van der Waals surface area contributed by atoms with Gasteiger partial charge < -0.3 is 15.1 Å². The molecule has 1 fully saturated rings. The van der Waals surface area contributed by atoms with Crippen molar-refractivity contribution in [1.29, 1.82) is 0 Å². The van der Waals surface area contributed by atoms with E-state index in [1.807, 2.05) is 0 Å². The zero-order valence-electron chi connectivity index (χ0n) is 11.8. The van der Waals surface area contributed by atoms with Crippen LogP contribution in [0.5, 0.6) is 0 Å². The Morgan fingerprint density at radius 1 is 1.30 bits per heavy atom. The molecule has 0 spiro atoms. The fourth-order valence-electron chi connectivity index (χ4n) is 2.22. The summed E-state index contributed by atoms with van der Waals surface area (Å²) in [5, 5.41) is 12.3. The summed E-state index contributed by atoms with van der Waals surface area (Å²) in [6, 6.07) is -0.351. The molecule has 8 nitrogen and oxygen atoms in total. The molecule has 0 bridgehead atoms. The van der Waals surface area contributed by atoms with Crippen molar-refractivity contribution >= 4 is 11.8 Å². The molecule has 0 saturated heterocycles. The second kappa shape index (κ2) is 7.66. The molecule has 0 aromatic heterocycles. The van der Waals surface area contributed by atoms with Crippen LogP contribution in [-0.4, -0.2) is 48.0 Å². The van der Waals surface area contributed by atoms with E-state index in [1.165, 1.54) is 4.90 Å². The van der Waals surface area contributed by atoms with Crippen molar-refractivity contribution in [2.75, 3.05) is 14.1 Å². The van der Waals surface area contributed by atoms with Gasteiger partial charge in [0.15, 0.2) is 0 Å². The fraction of sp³-hybridized carbons (Fsp3) is 0.833. The van der Waals surface area contributed by atoms with Gasteiger partial charge in [-0.05, 0) is 12.8 Å². The average molecular weight is 287 g/mol. The van der Waals surface area contributed by atoms with Crippen LogP contribution in [0.1, 0.15) is 38.5 Å². The number of carbonyl (C=O) groups excluding carboxylic acids is 2. The molecular formula is C12H21N3O5.